The standard InChI is InChI=1S/C11H16N2/c1-9-4-2-3-5-10(9)11-8-12-6-7-13-11/h2-5,11-13H,6-8H2,1H3. The molecule has 1 aromatic carbocycles. The summed E-state index contributed by atoms with van der Waals surface area (Å²) in [5.74, 6) is 0. The van der Waals surface area contributed by atoms with Crippen molar-refractivity contribution < 1.29 is 0 Å². The summed E-state index contributed by atoms with van der Waals surface area (Å²) >= 11 is 0. The molecule has 1 aliphatic heterocycles. The lowest BCUT2D eigenvalue weighted by Crippen LogP contribution is -2.42. The molecule has 2 rings (SSSR count). The van der Waals surface area contributed by atoms with Gasteiger partial charge in [-0.2, -0.15) is 0 Å². The molecule has 0 spiro atoms. The predicted molar refractivity (Wildman–Crippen MR) is 54.8 cm³/mol. The molecule has 1 atom stereocenters. The van der Waals surface area contributed by atoms with Crippen molar-refractivity contribution in [2.24, 2.45) is 0 Å². The van der Waals surface area contributed by atoms with Crippen molar-refractivity contribution in [2.75, 3.05) is 19.6 Å². The number of piperazine rings is 1. The largest absolute Gasteiger partial charge is 0.314 e. The van der Waals surface area contributed by atoms with Crippen molar-refractivity contribution in [1.29, 1.82) is 0 Å². The minimum absolute atomic E-state index is 0.495. The third-order valence-electron chi connectivity index (χ3n) is 2.60. The van der Waals surface area contributed by atoms with Crippen LogP contribution in [0.1, 0.15) is 17.2 Å². The average Bonchev–Trinajstić information content (AvgIpc) is 2.20. The van der Waals surface area contributed by atoms with Crippen LogP contribution in [0.4, 0.5) is 0 Å². The summed E-state index contributed by atoms with van der Waals surface area (Å²) in [6.45, 7) is 5.37. The first-order chi connectivity index (χ1) is 6.38. The van der Waals surface area contributed by atoms with E-state index in [9.17, 15) is 0 Å². The second-order valence-electron chi connectivity index (χ2n) is 3.57. The fourth-order valence-electron chi connectivity index (χ4n) is 1.85. The summed E-state index contributed by atoms with van der Waals surface area (Å²) in [4.78, 5) is 0. The number of benzene rings is 1. The number of aryl methyl sites for hydroxylation is 1. The Balaban J connectivity index is 2.18. The summed E-state index contributed by atoms with van der Waals surface area (Å²) in [5.41, 5.74) is 2.80. The molecule has 2 heteroatoms. The first-order valence-electron chi connectivity index (χ1n) is 4.87. The van der Waals surface area contributed by atoms with Crippen LogP contribution in [0.2, 0.25) is 0 Å². The van der Waals surface area contributed by atoms with Gasteiger partial charge in [0.15, 0.2) is 0 Å². The van der Waals surface area contributed by atoms with Crippen LogP contribution in [-0.4, -0.2) is 19.6 Å². The lowest BCUT2D eigenvalue weighted by molar-refractivity contribution is 0.429. The summed E-state index contributed by atoms with van der Waals surface area (Å²) in [6, 6.07) is 9.08. The molecule has 1 aliphatic rings. The van der Waals surface area contributed by atoms with Crippen LogP contribution < -0.4 is 10.6 Å². The molecule has 1 saturated heterocycles. The minimum atomic E-state index is 0.495. The summed E-state index contributed by atoms with van der Waals surface area (Å²) in [6.07, 6.45) is 0. The van der Waals surface area contributed by atoms with Crippen LogP contribution in [0.5, 0.6) is 0 Å². The maximum atomic E-state index is 3.51. The molecule has 13 heavy (non-hydrogen) atoms. The Bertz CT molecular complexity index is 277. The van der Waals surface area contributed by atoms with Crippen molar-refractivity contribution in [3.8, 4) is 0 Å². The smallest absolute Gasteiger partial charge is 0.0449 e. The van der Waals surface area contributed by atoms with E-state index in [1.807, 2.05) is 0 Å². The second-order valence-corrected chi connectivity index (χ2v) is 3.57. The maximum Gasteiger partial charge on any atom is 0.0449 e. The highest BCUT2D eigenvalue weighted by Crippen LogP contribution is 2.17. The molecule has 0 aliphatic carbocycles. The average molecular weight is 176 g/mol. The van der Waals surface area contributed by atoms with Crippen molar-refractivity contribution in [3.05, 3.63) is 35.4 Å². The van der Waals surface area contributed by atoms with E-state index in [1.165, 1.54) is 11.1 Å². The fraction of sp³-hybridized carbons (Fsp3) is 0.455. The molecular formula is C11H16N2. The van der Waals surface area contributed by atoms with Gasteiger partial charge in [0.2, 0.25) is 0 Å². The molecular weight excluding hydrogens is 160 g/mol. The Hall–Kier alpha value is -0.860. The van der Waals surface area contributed by atoms with Gasteiger partial charge in [0, 0.05) is 25.7 Å². The Kier molecular flexibility index (Phi) is 2.62. The van der Waals surface area contributed by atoms with Crippen LogP contribution in [0.25, 0.3) is 0 Å². The van der Waals surface area contributed by atoms with Crippen molar-refractivity contribution in [3.63, 3.8) is 0 Å². The highest BCUT2D eigenvalue weighted by atomic mass is 15.1. The highest BCUT2D eigenvalue weighted by Gasteiger charge is 2.14. The van der Waals surface area contributed by atoms with Gasteiger partial charge in [-0.1, -0.05) is 24.3 Å². The van der Waals surface area contributed by atoms with Gasteiger partial charge in [-0.05, 0) is 18.1 Å². The normalized spacial score (nSPS) is 23.0. The SMILES string of the molecule is Cc1ccccc1C1CNCCN1. The van der Waals surface area contributed by atoms with E-state index in [2.05, 4.69) is 41.8 Å². The third kappa shape index (κ3) is 1.90. The molecule has 2 N–H and O–H groups in total. The van der Waals surface area contributed by atoms with Crippen molar-refractivity contribution in [1.82, 2.24) is 10.6 Å². The van der Waals surface area contributed by atoms with E-state index in [-0.39, 0.29) is 0 Å². The van der Waals surface area contributed by atoms with Gasteiger partial charge in [-0.25, -0.2) is 0 Å². The lowest BCUT2D eigenvalue weighted by atomic mass is 10.0. The highest BCUT2D eigenvalue weighted by molar-refractivity contribution is 5.29. The Morgan fingerprint density at radius 3 is 2.77 bits per heavy atom. The van der Waals surface area contributed by atoms with E-state index in [0.29, 0.717) is 6.04 Å². The van der Waals surface area contributed by atoms with Gasteiger partial charge >= 0.3 is 0 Å². The predicted octanol–water partition coefficient (Wildman–Crippen LogP) is 1.23. The molecule has 70 valence electrons. The van der Waals surface area contributed by atoms with Gasteiger partial charge in [0.25, 0.3) is 0 Å². The van der Waals surface area contributed by atoms with Crippen LogP contribution in [0.15, 0.2) is 24.3 Å². The van der Waals surface area contributed by atoms with E-state index >= 15 is 0 Å². The van der Waals surface area contributed by atoms with E-state index in [4.69, 9.17) is 0 Å². The minimum Gasteiger partial charge on any atom is -0.314 e. The summed E-state index contributed by atoms with van der Waals surface area (Å²) < 4.78 is 0. The van der Waals surface area contributed by atoms with Crippen molar-refractivity contribution in [2.45, 2.75) is 13.0 Å². The van der Waals surface area contributed by atoms with Gasteiger partial charge in [0.05, 0.1) is 0 Å². The first kappa shape index (κ1) is 8.73. The Labute approximate surface area is 79.4 Å². The molecule has 0 saturated carbocycles. The third-order valence-corrected chi connectivity index (χ3v) is 2.60. The lowest BCUT2D eigenvalue weighted by Gasteiger charge is -2.26. The number of nitrogens with one attached hydrogen (secondary N) is 2. The Morgan fingerprint density at radius 1 is 1.23 bits per heavy atom. The van der Waals surface area contributed by atoms with E-state index < -0.39 is 0 Å². The first-order valence-corrected chi connectivity index (χ1v) is 4.87. The molecule has 1 aromatic rings. The van der Waals surface area contributed by atoms with Crippen LogP contribution in [-0.2, 0) is 0 Å². The van der Waals surface area contributed by atoms with Crippen molar-refractivity contribution >= 4 is 0 Å². The van der Waals surface area contributed by atoms with Gasteiger partial charge in [-0.3, -0.25) is 0 Å². The number of hydrogen-bond donors (Lipinski definition) is 2. The zero-order valence-electron chi connectivity index (χ0n) is 8.01. The van der Waals surface area contributed by atoms with Gasteiger partial charge in [-0.15, -0.1) is 0 Å². The quantitative estimate of drug-likeness (QED) is 0.672. The van der Waals surface area contributed by atoms with Gasteiger partial charge in [0.1, 0.15) is 0 Å². The maximum absolute atomic E-state index is 3.51. The van der Waals surface area contributed by atoms with Crippen LogP contribution in [0.3, 0.4) is 0 Å². The molecule has 1 heterocycles. The summed E-state index contributed by atoms with van der Waals surface area (Å²) in [7, 11) is 0. The topological polar surface area (TPSA) is 24.1 Å². The molecule has 1 unspecified atom stereocenters. The van der Waals surface area contributed by atoms with Crippen LogP contribution >= 0.6 is 0 Å². The fourth-order valence-corrected chi connectivity index (χ4v) is 1.85. The zero-order chi connectivity index (χ0) is 9.10. The molecule has 2 nitrogen and oxygen atoms in total. The molecule has 0 bridgehead atoms. The molecule has 0 aromatic heterocycles. The van der Waals surface area contributed by atoms with E-state index in [0.717, 1.165) is 19.6 Å². The number of hydrogen-bond acceptors (Lipinski definition) is 2. The monoisotopic (exact) mass is 176 g/mol. The number of rotatable bonds is 1. The van der Waals surface area contributed by atoms with E-state index in [1.54, 1.807) is 0 Å². The zero-order valence-corrected chi connectivity index (χ0v) is 8.01. The summed E-state index contributed by atoms with van der Waals surface area (Å²) in [5, 5.41) is 6.91. The molecule has 1 fully saturated rings. The van der Waals surface area contributed by atoms with Crippen LogP contribution in [0, 0.1) is 6.92 Å². The van der Waals surface area contributed by atoms with Gasteiger partial charge < -0.3 is 10.6 Å². The Morgan fingerprint density at radius 2 is 2.08 bits per heavy atom. The molecule has 0 amide bonds. The molecule has 0 radical (unpaired) electrons. The second kappa shape index (κ2) is 3.90.